The summed E-state index contributed by atoms with van der Waals surface area (Å²) >= 11 is 5.79. The van der Waals surface area contributed by atoms with Crippen molar-refractivity contribution in [2.24, 2.45) is 0 Å². The number of carboxylic acid groups (broad SMARTS) is 1. The van der Waals surface area contributed by atoms with E-state index in [0.717, 1.165) is 0 Å². The summed E-state index contributed by atoms with van der Waals surface area (Å²) < 4.78 is 41.2. The second-order valence-electron chi connectivity index (χ2n) is 4.11. The molecule has 1 atom stereocenters. The van der Waals surface area contributed by atoms with E-state index in [-0.39, 0.29) is 22.9 Å². The van der Waals surface area contributed by atoms with E-state index in [1.54, 1.807) is 5.32 Å². The molecule has 0 aliphatic carbocycles. The summed E-state index contributed by atoms with van der Waals surface area (Å²) in [6.07, 6.45) is -4.98. The summed E-state index contributed by atoms with van der Waals surface area (Å²) in [5.41, 5.74) is -0.193. The number of hydrogen-bond acceptors (Lipinski definition) is 3. The van der Waals surface area contributed by atoms with Crippen molar-refractivity contribution >= 4 is 23.5 Å². The largest absolute Gasteiger partial charge is 0.490 e. The van der Waals surface area contributed by atoms with E-state index in [2.05, 4.69) is 0 Å². The first kappa shape index (κ1) is 17.1. The van der Waals surface area contributed by atoms with Gasteiger partial charge in [0.1, 0.15) is 12.4 Å². The van der Waals surface area contributed by atoms with Gasteiger partial charge in [0.2, 0.25) is 0 Å². The Bertz CT molecular complexity index is 548. The van der Waals surface area contributed by atoms with Crippen molar-refractivity contribution in [2.45, 2.75) is 19.1 Å². The predicted octanol–water partition coefficient (Wildman–Crippen LogP) is 2.48. The van der Waals surface area contributed by atoms with Crippen LogP contribution in [0.4, 0.5) is 13.2 Å². The topological polar surface area (TPSA) is 75.6 Å². The number of nitrogens with one attached hydrogen (secondary N) is 1. The molecule has 0 heterocycles. The number of halogens is 4. The molecule has 0 fully saturated rings. The third kappa shape index (κ3) is 4.82. The third-order valence-corrected chi connectivity index (χ3v) is 2.71. The number of ether oxygens (including phenoxy) is 1. The maximum Gasteiger partial charge on any atom is 0.471 e. The lowest BCUT2D eigenvalue weighted by Gasteiger charge is -2.17. The Morgan fingerprint density at radius 3 is 2.57 bits per heavy atom. The zero-order valence-corrected chi connectivity index (χ0v) is 11.5. The fourth-order valence-corrected chi connectivity index (χ4v) is 1.61. The summed E-state index contributed by atoms with van der Waals surface area (Å²) in [6, 6.07) is 3.06. The van der Waals surface area contributed by atoms with Gasteiger partial charge in [-0.05, 0) is 19.1 Å². The molecule has 2 N–H and O–H groups in total. The van der Waals surface area contributed by atoms with Crippen molar-refractivity contribution in [3.8, 4) is 5.75 Å². The lowest BCUT2D eigenvalue weighted by atomic mass is 10.2. The molecule has 1 rings (SSSR count). The van der Waals surface area contributed by atoms with Gasteiger partial charge in [-0.15, -0.1) is 0 Å². The highest BCUT2D eigenvalue weighted by Crippen LogP contribution is 2.28. The number of aromatic carboxylic acids is 1. The van der Waals surface area contributed by atoms with Gasteiger partial charge in [-0.25, -0.2) is 4.79 Å². The molecular formula is C12H11ClF3NO4. The molecule has 1 aromatic carbocycles. The van der Waals surface area contributed by atoms with Crippen LogP contribution in [0.25, 0.3) is 0 Å². The van der Waals surface area contributed by atoms with E-state index in [0.29, 0.717) is 0 Å². The van der Waals surface area contributed by atoms with Crippen LogP contribution in [0, 0.1) is 0 Å². The number of carboxylic acids is 1. The molecule has 21 heavy (non-hydrogen) atoms. The predicted molar refractivity (Wildman–Crippen MR) is 67.6 cm³/mol. The van der Waals surface area contributed by atoms with Crippen molar-refractivity contribution < 1.29 is 32.6 Å². The van der Waals surface area contributed by atoms with Crippen LogP contribution in [0.1, 0.15) is 17.3 Å². The fraction of sp³-hybridized carbons (Fsp3) is 0.333. The van der Waals surface area contributed by atoms with E-state index in [4.69, 9.17) is 21.4 Å². The molecule has 1 aromatic rings. The van der Waals surface area contributed by atoms with Gasteiger partial charge in [0.15, 0.2) is 0 Å². The molecule has 1 amide bonds. The van der Waals surface area contributed by atoms with Gasteiger partial charge in [-0.2, -0.15) is 13.2 Å². The molecule has 9 heteroatoms. The molecule has 0 saturated carbocycles. The van der Waals surface area contributed by atoms with Gasteiger partial charge >= 0.3 is 18.1 Å². The summed E-state index contributed by atoms with van der Waals surface area (Å²) in [7, 11) is 0. The number of amides is 1. The molecule has 0 aliphatic heterocycles. The van der Waals surface area contributed by atoms with Crippen molar-refractivity contribution in [3.63, 3.8) is 0 Å². The first-order valence-electron chi connectivity index (χ1n) is 5.65. The quantitative estimate of drug-likeness (QED) is 0.872. The van der Waals surface area contributed by atoms with Gasteiger partial charge in [0.25, 0.3) is 0 Å². The van der Waals surface area contributed by atoms with Crippen molar-refractivity contribution in [1.29, 1.82) is 0 Å². The zero-order chi connectivity index (χ0) is 16.2. The lowest BCUT2D eigenvalue weighted by molar-refractivity contribution is -0.174. The fourth-order valence-electron chi connectivity index (χ4n) is 1.35. The Balaban J connectivity index is 2.66. The second-order valence-corrected chi connectivity index (χ2v) is 4.48. The lowest BCUT2D eigenvalue weighted by Crippen LogP contribution is -2.44. The Kier molecular flexibility index (Phi) is 5.42. The molecule has 116 valence electrons. The van der Waals surface area contributed by atoms with Crippen molar-refractivity contribution in [2.75, 3.05) is 6.61 Å². The van der Waals surface area contributed by atoms with Crippen LogP contribution in [-0.4, -0.2) is 35.8 Å². The molecule has 0 aromatic heterocycles. The minimum atomic E-state index is -4.98. The monoisotopic (exact) mass is 325 g/mol. The highest BCUT2D eigenvalue weighted by atomic mass is 35.5. The van der Waals surface area contributed by atoms with Crippen LogP contribution >= 0.6 is 11.6 Å². The molecule has 5 nitrogen and oxygen atoms in total. The number of hydrogen-bond donors (Lipinski definition) is 2. The highest BCUT2D eigenvalue weighted by Gasteiger charge is 2.39. The van der Waals surface area contributed by atoms with Crippen LogP contribution in [-0.2, 0) is 4.79 Å². The van der Waals surface area contributed by atoms with Crippen LogP contribution in [0.5, 0.6) is 5.75 Å². The first-order valence-corrected chi connectivity index (χ1v) is 6.03. The van der Waals surface area contributed by atoms with E-state index in [1.165, 1.54) is 25.1 Å². The van der Waals surface area contributed by atoms with Crippen LogP contribution in [0.15, 0.2) is 18.2 Å². The standard InChI is InChI=1S/C12H11ClF3NO4/c1-6(17-11(20)12(14,15)16)5-21-8-4-2-3-7(9(8)13)10(18)19/h2-4,6H,5H2,1H3,(H,17,20)(H,18,19). The van der Waals surface area contributed by atoms with Crippen molar-refractivity contribution in [1.82, 2.24) is 5.32 Å². The molecule has 0 bridgehead atoms. The van der Waals surface area contributed by atoms with Crippen LogP contribution in [0.3, 0.4) is 0 Å². The van der Waals surface area contributed by atoms with Gasteiger partial charge in [0, 0.05) is 0 Å². The molecule has 1 unspecified atom stereocenters. The maximum atomic E-state index is 12.0. The maximum absolute atomic E-state index is 12.0. The SMILES string of the molecule is CC(COc1cccc(C(=O)O)c1Cl)NC(=O)C(F)(F)F. The zero-order valence-electron chi connectivity index (χ0n) is 10.7. The molecular weight excluding hydrogens is 315 g/mol. The summed E-state index contributed by atoms with van der Waals surface area (Å²) in [4.78, 5) is 21.5. The summed E-state index contributed by atoms with van der Waals surface area (Å²) in [6.45, 7) is 1.00. The van der Waals surface area contributed by atoms with Crippen LogP contribution < -0.4 is 10.1 Å². The normalized spacial score (nSPS) is 12.6. The minimum Gasteiger partial charge on any atom is -0.490 e. The highest BCUT2D eigenvalue weighted by molar-refractivity contribution is 6.34. The van der Waals surface area contributed by atoms with Gasteiger partial charge in [0.05, 0.1) is 16.6 Å². The van der Waals surface area contributed by atoms with Gasteiger partial charge < -0.3 is 15.2 Å². The number of rotatable bonds is 5. The number of carbonyl (C=O) groups is 2. The molecule has 0 saturated heterocycles. The smallest absolute Gasteiger partial charge is 0.471 e. The average Bonchev–Trinajstić information content (AvgIpc) is 2.36. The van der Waals surface area contributed by atoms with E-state index in [1.807, 2.05) is 0 Å². The Morgan fingerprint density at radius 2 is 2.05 bits per heavy atom. The summed E-state index contributed by atoms with van der Waals surface area (Å²) in [5, 5.41) is 10.4. The Labute approximate surface area is 122 Å². The third-order valence-electron chi connectivity index (χ3n) is 2.32. The molecule has 0 spiro atoms. The second kappa shape index (κ2) is 6.66. The Hall–Kier alpha value is -1.96. The van der Waals surface area contributed by atoms with E-state index < -0.39 is 24.1 Å². The first-order chi connectivity index (χ1) is 9.62. The average molecular weight is 326 g/mol. The summed E-state index contributed by atoms with van der Waals surface area (Å²) in [5.74, 6) is -3.34. The molecule has 0 radical (unpaired) electrons. The van der Waals surface area contributed by atoms with E-state index >= 15 is 0 Å². The Morgan fingerprint density at radius 1 is 1.43 bits per heavy atom. The number of benzene rings is 1. The van der Waals surface area contributed by atoms with Gasteiger partial charge in [-0.3, -0.25) is 4.79 Å². The van der Waals surface area contributed by atoms with E-state index in [9.17, 15) is 22.8 Å². The van der Waals surface area contributed by atoms with Crippen molar-refractivity contribution in [3.05, 3.63) is 28.8 Å². The van der Waals surface area contributed by atoms with Crippen LogP contribution in [0.2, 0.25) is 5.02 Å². The minimum absolute atomic E-state index is 0.00433. The number of alkyl halides is 3. The van der Waals surface area contributed by atoms with Gasteiger partial charge in [-0.1, -0.05) is 17.7 Å². The number of carbonyl (C=O) groups excluding carboxylic acids is 1. The molecule has 0 aliphatic rings.